The standard InChI is InChI=1S/C19H19N5OS/c1-13-21-16(12-26-13)11-24-8-3-2-7-17(24)19-22-18(23-25-19)15-6-4-5-14(9-15)10-20/h4-6,9,12,17H,2-3,7-8,11H2,1H3. The van der Waals surface area contributed by atoms with Crippen molar-refractivity contribution in [1.82, 2.24) is 20.0 Å². The summed E-state index contributed by atoms with van der Waals surface area (Å²) in [5, 5.41) is 16.4. The molecule has 3 heterocycles. The second-order valence-electron chi connectivity index (χ2n) is 6.49. The first kappa shape index (κ1) is 16.9. The second kappa shape index (κ2) is 7.36. The molecule has 1 aliphatic rings. The van der Waals surface area contributed by atoms with Gasteiger partial charge < -0.3 is 4.52 Å². The first-order valence-electron chi connectivity index (χ1n) is 8.72. The van der Waals surface area contributed by atoms with E-state index in [9.17, 15) is 0 Å². The molecule has 2 aromatic heterocycles. The van der Waals surface area contributed by atoms with Gasteiger partial charge in [-0.15, -0.1) is 11.3 Å². The minimum Gasteiger partial charge on any atom is -0.337 e. The molecule has 1 aliphatic heterocycles. The van der Waals surface area contributed by atoms with E-state index >= 15 is 0 Å². The molecular weight excluding hydrogens is 346 g/mol. The molecule has 3 aromatic rings. The molecule has 7 heteroatoms. The van der Waals surface area contributed by atoms with E-state index in [2.05, 4.69) is 31.5 Å². The lowest BCUT2D eigenvalue weighted by atomic mass is 10.0. The Morgan fingerprint density at radius 3 is 3.08 bits per heavy atom. The summed E-state index contributed by atoms with van der Waals surface area (Å²) >= 11 is 1.68. The van der Waals surface area contributed by atoms with E-state index in [1.54, 1.807) is 23.5 Å². The number of piperidine rings is 1. The molecular formula is C19H19N5OS. The van der Waals surface area contributed by atoms with Gasteiger partial charge >= 0.3 is 0 Å². The minimum absolute atomic E-state index is 0.117. The van der Waals surface area contributed by atoms with Crippen LogP contribution in [0.25, 0.3) is 11.4 Å². The van der Waals surface area contributed by atoms with Gasteiger partial charge in [-0.2, -0.15) is 10.2 Å². The molecule has 26 heavy (non-hydrogen) atoms. The predicted octanol–water partition coefficient (Wildman–Crippen LogP) is 4.10. The number of thiazole rings is 1. The quantitative estimate of drug-likeness (QED) is 0.692. The molecule has 0 amide bonds. The van der Waals surface area contributed by atoms with Gasteiger partial charge in [-0.05, 0) is 38.4 Å². The van der Waals surface area contributed by atoms with Crippen LogP contribution in [-0.2, 0) is 6.54 Å². The number of nitrogens with zero attached hydrogens (tertiary/aromatic N) is 5. The highest BCUT2D eigenvalue weighted by molar-refractivity contribution is 7.09. The summed E-state index contributed by atoms with van der Waals surface area (Å²) in [7, 11) is 0. The van der Waals surface area contributed by atoms with Gasteiger partial charge in [0.25, 0.3) is 0 Å². The van der Waals surface area contributed by atoms with E-state index in [4.69, 9.17) is 9.78 Å². The van der Waals surface area contributed by atoms with Crippen LogP contribution in [0.3, 0.4) is 0 Å². The van der Waals surface area contributed by atoms with Crippen LogP contribution in [0, 0.1) is 18.3 Å². The van der Waals surface area contributed by atoms with E-state index < -0.39 is 0 Å². The number of rotatable bonds is 4. The molecule has 0 bridgehead atoms. The van der Waals surface area contributed by atoms with Crippen LogP contribution < -0.4 is 0 Å². The molecule has 1 aromatic carbocycles. The first-order chi connectivity index (χ1) is 12.7. The number of aryl methyl sites for hydroxylation is 1. The van der Waals surface area contributed by atoms with Crippen LogP contribution in [0.1, 0.15) is 47.5 Å². The summed E-state index contributed by atoms with van der Waals surface area (Å²) < 4.78 is 5.60. The third kappa shape index (κ3) is 3.52. The molecule has 132 valence electrons. The molecule has 1 atom stereocenters. The highest BCUT2D eigenvalue weighted by atomic mass is 32.1. The van der Waals surface area contributed by atoms with Crippen molar-refractivity contribution in [2.75, 3.05) is 6.54 Å². The average Bonchev–Trinajstić information content (AvgIpc) is 3.32. The fourth-order valence-corrected chi connectivity index (χ4v) is 3.97. The van der Waals surface area contributed by atoms with Gasteiger partial charge in [0.05, 0.1) is 28.4 Å². The number of hydrogen-bond donors (Lipinski definition) is 0. The van der Waals surface area contributed by atoms with Crippen LogP contribution in [-0.4, -0.2) is 26.6 Å². The average molecular weight is 365 g/mol. The van der Waals surface area contributed by atoms with Crippen molar-refractivity contribution in [3.8, 4) is 17.5 Å². The van der Waals surface area contributed by atoms with Crippen molar-refractivity contribution >= 4 is 11.3 Å². The Morgan fingerprint density at radius 1 is 1.35 bits per heavy atom. The Bertz CT molecular complexity index is 941. The Hall–Kier alpha value is -2.56. The fraction of sp³-hybridized carbons (Fsp3) is 0.368. The van der Waals surface area contributed by atoms with Crippen molar-refractivity contribution in [2.24, 2.45) is 0 Å². The lowest BCUT2D eigenvalue weighted by Gasteiger charge is -2.32. The van der Waals surface area contributed by atoms with Gasteiger partial charge in [0.1, 0.15) is 0 Å². The second-order valence-corrected chi connectivity index (χ2v) is 7.55. The zero-order valence-electron chi connectivity index (χ0n) is 14.6. The Morgan fingerprint density at radius 2 is 2.27 bits per heavy atom. The van der Waals surface area contributed by atoms with Crippen molar-refractivity contribution in [2.45, 2.75) is 38.8 Å². The lowest BCUT2D eigenvalue weighted by molar-refractivity contribution is 0.110. The summed E-state index contributed by atoms with van der Waals surface area (Å²) in [5.41, 5.74) is 2.49. The van der Waals surface area contributed by atoms with Gasteiger partial charge in [0, 0.05) is 17.5 Å². The number of benzene rings is 1. The normalized spacial score (nSPS) is 17.9. The van der Waals surface area contributed by atoms with Crippen molar-refractivity contribution in [3.05, 3.63) is 51.8 Å². The summed E-state index contributed by atoms with van der Waals surface area (Å²) in [6, 6.07) is 9.54. The van der Waals surface area contributed by atoms with Crippen molar-refractivity contribution in [3.63, 3.8) is 0 Å². The number of nitriles is 1. The van der Waals surface area contributed by atoms with E-state index in [1.807, 2.05) is 19.1 Å². The molecule has 0 N–H and O–H groups in total. The van der Waals surface area contributed by atoms with Gasteiger partial charge in [0.2, 0.25) is 11.7 Å². The summed E-state index contributed by atoms with van der Waals surface area (Å²) in [6.45, 7) is 3.83. The highest BCUT2D eigenvalue weighted by Gasteiger charge is 2.29. The smallest absolute Gasteiger partial charge is 0.244 e. The molecule has 0 saturated carbocycles. The summed E-state index contributed by atoms with van der Waals surface area (Å²) in [6.07, 6.45) is 3.33. The largest absolute Gasteiger partial charge is 0.337 e. The summed E-state index contributed by atoms with van der Waals surface area (Å²) in [5.74, 6) is 1.18. The van der Waals surface area contributed by atoms with Crippen LogP contribution in [0.15, 0.2) is 34.2 Å². The van der Waals surface area contributed by atoms with Crippen LogP contribution in [0.2, 0.25) is 0 Å². The van der Waals surface area contributed by atoms with Crippen molar-refractivity contribution < 1.29 is 4.52 Å². The maximum absolute atomic E-state index is 9.07. The van der Waals surface area contributed by atoms with Gasteiger partial charge in [0.15, 0.2) is 0 Å². The molecule has 1 unspecified atom stereocenters. The Balaban J connectivity index is 1.57. The van der Waals surface area contributed by atoms with E-state index in [0.717, 1.165) is 42.2 Å². The van der Waals surface area contributed by atoms with Crippen LogP contribution >= 0.6 is 11.3 Å². The molecule has 6 nitrogen and oxygen atoms in total. The topological polar surface area (TPSA) is 78.8 Å². The predicted molar refractivity (Wildman–Crippen MR) is 98.3 cm³/mol. The SMILES string of the molecule is Cc1nc(CN2CCCCC2c2nc(-c3cccc(C#N)c3)no2)cs1. The Labute approximate surface area is 156 Å². The number of aromatic nitrogens is 3. The maximum Gasteiger partial charge on any atom is 0.244 e. The van der Waals surface area contributed by atoms with Crippen LogP contribution in [0.4, 0.5) is 0 Å². The fourth-order valence-electron chi connectivity index (χ4n) is 3.36. The van der Waals surface area contributed by atoms with E-state index in [-0.39, 0.29) is 6.04 Å². The third-order valence-corrected chi connectivity index (χ3v) is 5.44. The van der Waals surface area contributed by atoms with Gasteiger partial charge in [-0.1, -0.05) is 23.7 Å². The van der Waals surface area contributed by atoms with Gasteiger partial charge in [-0.25, -0.2) is 4.98 Å². The van der Waals surface area contributed by atoms with Crippen molar-refractivity contribution in [1.29, 1.82) is 5.26 Å². The molecule has 1 fully saturated rings. The van der Waals surface area contributed by atoms with Gasteiger partial charge in [-0.3, -0.25) is 4.90 Å². The highest BCUT2D eigenvalue weighted by Crippen LogP contribution is 2.32. The maximum atomic E-state index is 9.07. The monoisotopic (exact) mass is 365 g/mol. The molecule has 0 radical (unpaired) electrons. The van der Waals surface area contributed by atoms with E-state index in [1.165, 1.54) is 6.42 Å². The number of likely N-dealkylation sites (tertiary alicyclic amines) is 1. The molecule has 0 aliphatic carbocycles. The Kier molecular flexibility index (Phi) is 4.78. The minimum atomic E-state index is 0.117. The third-order valence-electron chi connectivity index (χ3n) is 4.62. The number of hydrogen-bond acceptors (Lipinski definition) is 7. The zero-order valence-corrected chi connectivity index (χ0v) is 15.4. The molecule has 0 spiro atoms. The molecule has 1 saturated heterocycles. The first-order valence-corrected chi connectivity index (χ1v) is 9.60. The lowest BCUT2D eigenvalue weighted by Crippen LogP contribution is -2.33. The summed E-state index contributed by atoms with van der Waals surface area (Å²) in [4.78, 5) is 11.6. The molecule has 4 rings (SSSR count). The van der Waals surface area contributed by atoms with E-state index in [0.29, 0.717) is 17.3 Å². The van der Waals surface area contributed by atoms with Crippen LogP contribution in [0.5, 0.6) is 0 Å². The zero-order chi connectivity index (χ0) is 17.9.